The second-order valence-electron chi connectivity index (χ2n) is 8.19. The number of carbonyl (C=O) groups is 1. The molecule has 3 atom stereocenters. The highest BCUT2D eigenvalue weighted by molar-refractivity contribution is 5.68. The Morgan fingerprint density at radius 2 is 2.00 bits per heavy atom. The molecule has 0 aromatic carbocycles. The molecule has 1 N–H and O–H groups in total. The van der Waals surface area contributed by atoms with E-state index in [0.717, 1.165) is 32.0 Å². The van der Waals surface area contributed by atoms with Crippen LogP contribution in [0.2, 0.25) is 0 Å². The maximum atomic E-state index is 12.2. The van der Waals surface area contributed by atoms with Crippen LogP contribution < -0.4 is 5.32 Å². The van der Waals surface area contributed by atoms with E-state index in [9.17, 15) is 4.79 Å². The summed E-state index contributed by atoms with van der Waals surface area (Å²) in [5.74, 6) is 1.44. The predicted octanol–water partition coefficient (Wildman–Crippen LogP) is 3.80. The fourth-order valence-corrected chi connectivity index (χ4v) is 3.71. The summed E-state index contributed by atoms with van der Waals surface area (Å²) in [6, 6.07) is 0.713. The maximum absolute atomic E-state index is 12.2. The molecule has 1 heterocycles. The zero-order valence-corrected chi connectivity index (χ0v) is 14.9. The molecule has 22 heavy (non-hydrogen) atoms. The summed E-state index contributed by atoms with van der Waals surface area (Å²) in [6.07, 6.45) is 7.43. The Morgan fingerprint density at radius 3 is 2.64 bits per heavy atom. The Kier molecular flexibility index (Phi) is 6.13. The molecule has 0 aromatic heterocycles. The smallest absolute Gasteiger partial charge is 0.410 e. The Morgan fingerprint density at radius 1 is 1.23 bits per heavy atom. The van der Waals surface area contributed by atoms with Gasteiger partial charge < -0.3 is 15.0 Å². The van der Waals surface area contributed by atoms with Crippen molar-refractivity contribution >= 4 is 6.09 Å². The molecule has 0 bridgehead atoms. The third-order valence-electron chi connectivity index (χ3n) is 4.99. The van der Waals surface area contributed by atoms with Crippen LogP contribution in [0.3, 0.4) is 0 Å². The highest BCUT2D eigenvalue weighted by Crippen LogP contribution is 2.25. The third kappa shape index (κ3) is 5.45. The van der Waals surface area contributed by atoms with Gasteiger partial charge in [-0.3, -0.25) is 0 Å². The number of hydrogen-bond acceptors (Lipinski definition) is 3. The maximum Gasteiger partial charge on any atom is 0.410 e. The Bertz CT molecular complexity index is 365. The average molecular weight is 310 g/mol. The molecule has 1 aliphatic heterocycles. The minimum absolute atomic E-state index is 0.144. The molecule has 1 aliphatic carbocycles. The molecule has 4 heteroatoms. The lowest BCUT2D eigenvalue weighted by atomic mass is 9.94. The largest absolute Gasteiger partial charge is 0.444 e. The first kappa shape index (κ1) is 17.6. The predicted molar refractivity (Wildman–Crippen MR) is 90.0 cm³/mol. The molecule has 2 aliphatic rings. The highest BCUT2D eigenvalue weighted by atomic mass is 16.6. The van der Waals surface area contributed by atoms with Crippen LogP contribution in [0, 0.1) is 11.8 Å². The zero-order valence-electron chi connectivity index (χ0n) is 14.9. The fourth-order valence-electron chi connectivity index (χ4n) is 3.71. The molecule has 1 saturated carbocycles. The Balaban J connectivity index is 1.70. The average Bonchev–Trinajstić information content (AvgIpc) is 2.83. The van der Waals surface area contributed by atoms with Gasteiger partial charge in [0.2, 0.25) is 0 Å². The number of piperidine rings is 1. The SMILES string of the molecule is CC1CCCC1NCCC1CCCN(C(=O)OC(C)(C)C)C1. The molecular weight excluding hydrogens is 276 g/mol. The number of hydrogen-bond donors (Lipinski definition) is 1. The Hall–Kier alpha value is -0.770. The number of rotatable bonds is 4. The minimum Gasteiger partial charge on any atom is -0.444 e. The molecule has 3 unspecified atom stereocenters. The number of nitrogens with one attached hydrogen (secondary N) is 1. The van der Waals surface area contributed by atoms with Crippen LogP contribution in [-0.2, 0) is 4.74 Å². The molecule has 1 saturated heterocycles. The van der Waals surface area contributed by atoms with Crippen molar-refractivity contribution in [2.45, 2.75) is 77.9 Å². The molecule has 0 radical (unpaired) electrons. The lowest BCUT2D eigenvalue weighted by Gasteiger charge is -2.34. The standard InChI is InChI=1S/C18H34N2O2/c1-14-7-5-9-16(14)19-11-10-15-8-6-12-20(13-15)17(21)22-18(2,3)4/h14-16,19H,5-13H2,1-4H3. The number of carbonyl (C=O) groups excluding carboxylic acids is 1. The van der Waals surface area contributed by atoms with Crippen LogP contribution in [0.5, 0.6) is 0 Å². The van der Waals surface area contributed by atoms with E-state index in [1.54, 1.807) is 0 Å². The molecule has 2 rings (SSSR count). The zero-order chi connectivity index (χ0) is 16.2. The minimum atomic E-state index is -0.399. The van der Waals surface area contributed by atoms with Crippen molar-refractivity contribution in [1.29, 1.82) is 0 Å². The molecular formula is C18H34N2O2. The van der Waals surface area contributed by atoms with Crippen molar-refractivity contribution in [1.82, 2.24) is 10.2 Å². The van der Waals surface area contributed by atoms with Gasteiger partial charge in [0.1, 0.15) is 5.60 Å². The van der Waals surface area contributed by atoms with E-state index in [1.807, 2.05) is 25.7 Å². The monoisotopic (exact) mass is 310 g/mol. The van der Waals surface area contributed by atoms with Gasteiger partial charge in [0.25, 0.3) is 0 Å². The van der Waals surface area contributed by atoms with E-state index in [2.05, 4.69) is 12.2 Å². The van der Waals surface area contributed by atoms with Gasteiger partial charge in [-0.1, -0.05) is 13.3 Å². The number of amides is 1. The molecule has 4 nitrogen and oxygen atoms in total. The summed E-state index contributed by atoms with van der Waals surface area (Å²) in [5.41, 5.74) is -0.399. The van der Waals surface area contributed by atoms with Crippen molar-refractivity contribution < 1.29 is 9.53 Å². The van der Waals surface area contributed by atoms with E-state index >= 15 is 0 Å². The fraction of sp³-hybridized carbons (Fsp3) is 0.944. The van der Waals surface area contributed by atoms with E-state index in [4.69, 9.17) is 4.74 Å². The van der Waals surface area contributed by atoms with Gasteiger partial charge in [0, 0.05) is 19.1 Å². The molecule has 1 amide bonds. The lowest BCUT2D eigenvalue weighted by molar-refractivity contribution is 0.0161. The molecule has 2 fully saturated rings. The molecule has 0 aromatic rings. The Labute approximate surface area is 136 Å². The lowest BCUT2D eigenvalue weighted by Crippen LogP contribution is -2.43. The van der Waals surface area contributed by atoms with Crippen molar-refractivity contribution in [3.63, 3.8) is 0 Å². The van der Waals surface area contributed by atoms with E-state index in [0.29, 0.717) is 12.0 Å². The van der Waals surface area contributed by atoms with Crippen LogP contribution in [0.25, 0.3) is 0 Å². The second kappa shape index (κ2) is 7.67. The van der Waals surface area contributed by atoms with E-state index < -0.39 is 5.60 Å². The molecule has 128 valence electrons. The van der Waals surface area contributed by atoms with E-state index in [1.165, 1.54) is 32.1 Å². The number of nitrogens with zero attached hydrogens (tertiary/aromatic N) is 1. The van der Waals surface area contributed by atoms with Crippen molar-refractivity contribution in [2.24, 2.45) is 11.8 Å². The number of likely N-dealkylation sites (tertiary alicyclic amines) is 1. The van der Waals surface area contributed by atoms with Gasteiger partial charge in [-0.05, 0) is 71.3 Å². The van der Waals surface area contributed by atoms with E-state index in [-0.39, 0.29) is 6.09 Å². The summed E-state index contributed by atoms with van der Waals surface area (Å²) in [5, 5.41) is 3.73. The number of ether oxygens (including phenoxy) is 1. The summed E-state index contributed by atoms with van der Waals surface area (Å²) in [7, 11) is 0. The first-order chi connectivity index (χ1) is 10.3. The second-order valence-corrected chi connectivity index (χ2v) is 8.19. The summed E-state index contributed by atoms with van der Waals surface area (Å²) < 4.78 is 5.50. The van der Waals surface area contributed by atoms with Crippen molar-refractivity contribution in [3.8, 4) is 0 Å². The first-order valence-corrected chi connectivity index (χ1v) is 9.06. The van der Waals surface area contributed by atoms with Crippen LogP contribution in [0.4, 0.5) is 4.79 Å². The van der Waals surface area contributed by atoms with Crippen LogP contribution in [0.1, 0.15) is 66.2 Å². The van der Waals surface area contributed by atoms with Crippen molar-refractivity contribution in [3.05, 3.63) is 0 Å². The molecule has 0 spiro atoms. The van der Waals surface area contributed by atoms with Crippen molar-refractivity contribution in [2.75, 3.05) is 19.6 Å². The topological polar surface area (TPSA) is 41.6 Å². The first-order valence-electron chi connectivity index (χ1n) is 9.06. The van der Waals surface area contributed by atoms with Gasteiger partial charge in [0.05, 0.1) is 0 Å². The van der Waals surface area contributed by atoms with Gasteiger partial charge in [0.15, 0.2) is 0 Å². The van der Waals surface area contributed by atoms with Crippen LogP contribution in [-0.4, -0.2) is 42.3 Å². The summed E-state index contributed by atoms with van der Waals surface area (Å²) in [4.78, 5) is 14.1. The van der Waals surface area contributed by atoms with Crippen LogP contribution in [0.15, 0.2) is 0 Å². The summed E-state index contributed by atoms with van der Waals surface area (Å²) in [6.45, 7) is 10.9. The van der Waals surface area contributed by atoms with Gasteiger partial charge >= 0.3 is 6.09 Å². The van der Waals surface area contributed by atoms with Gasteiger partial charge in [-0.15, -0.1) is 0 Å². The van der Waals surface area contributed by atoms with Gasteiger partial charge in [-0.2, -0.15) is 0 Å². The summed E-state index contributed by atoms with van der Waals surface area (Å²) >= 11 is 0. The quantitative estimate of drug-likeness (QED) is 0.858. The van der Waals surface area contributed by atoms with Crippen LogP contribution >= 0.6 is 0 Å². The normalized spacial score (nSPS) is 29.6. The third-order valence-corrected chi connectivity index (χ3v) is 4.99. The highest BCUT2D eigenvalue weighted by Gasteiger charge is 2.28. The van der Waals surface area contributed by atoms with Gasteiger partial charge in [-0.25, -0.2) is 4.79 Å².